The van der Waals surface area contributed by atoms with Crippen molar-refractivity contribution in [3.63, 3.8) is 0 Å². The molecule has 1 atom stereocenters. The van der Waals surface area contributed by atoms with Gasteiger partial charge in [0, 0.05) is 106 Å². The Morgan fingerprint density at radius 3 is 1.30 bits per heavy atom. The second-order valence-corrected chi connectivity index (χ2v) is 14.5. The van der Waals surface area contributed by atoms with Gasteiger partial charge in [0.05, 0.1) is 39.6 Å². The van der Waals surface area contributed by atoms with Gasteiger partial charge in [-0.1, -0.05) is 12.8 Å². The van der Waals surface area contributed by atoms with Gasteiger partial charge in [-0.15, -0.1) is 0 Å². The summed E-state index contributed by atoms with van der Waals surface area (Å²) in [6, 6.07) is -0.380. The van der Waals surface area contributed by atoms with Gasteiger partial charge in [-0.2, -0.15) is 0 Å². The summed E-state index contributed by atoms with van der Waals surface area (Å²) < 4.78 is 36.6. The zero-order valence-corrected chi connectivity index (χ0v) is 37.5. The first-order valence-corrected chi connectivity index (χ1v) is 22.1. The van der Waals surface area contributed by atoms with Gasteiger partial charge >= 0.3 is 0 Å². The molecule has 61 heavy (non-hydrogen) atoms. The van der Waals surface area contributed by atoms with E-state index in [4.69, 9.17) is 33.2 Å². The summed E-state index contributed by atoms with van der Waals surface area (Å²) in [7, 11) is 4.95. The lowest BCUT2D eigenvalue weighted by Gasteiger charge is -2.19. The Balaban J connectivity index is 4.29. The van der Waals surface area contributed by atoms with Gasteiger partial charge < -0.3 is 65.1 Å². The Morgan fingerprint density at radius 1 is 0.361 bits per heavy atom. The average Bonchev–Trinajstić information content (AvgIpc) is 3.24. The summed E-state index contributed by atoms with van der Waals surface area (Å²) in [5.41, 5.74) is 0. The van der Waals surface area contributed by atoms with Crippen molar-refractivity contribution < 1.29 is 61.9 Å². The number of hydrogen-bond donors (Lipinski definition) is 6. The van der Waals surface area contributed by atoms with Gasteiger partial charge in [-0.3, -0.25) is 28.8 Å². The van der Waals surface area contributed by atoms with Gasteiger partial charge in [0.2, 0.25) is 35.4 Å². The Morgan fingerprint density at radius 2 is 0.770 bits per heavy atom. The number of methoxy groups -OCH3 is 3. The quantitative estimate of drug-likeness (QED) is 0.0474. The normalized spacial score (nSPS) is 11.5. The lowest BCUT2D eigenvalue weighted by Crippen LogP contribution is -2.40. The van der Waals surface area contributed by atoms with Crippen LogP contribution in [0.15, 0.2) is 0 Å². The molecule has 6 amide bonds. The van der Waals surface area contributed by atoms with Crippen molar-refractivity contribution in [2.45, 2.75) is 109 Å². The third-order valence-corrected chi connectivity index (χ3v) is 8.95. The average molecular weight is 877 g/mol. The maximum absolute atomic E-state index is 12.8. The highest BCUT2D eigenvalue weighted by Gasteiger charge is 2.17. The summed E-state index contributed by atoms with van der Waals surface area (Å²) in [5.74, 6) is -0.951. The lowest BCUT2D eigenvalue weighted by atomic mass is 10.0. The first-order chi connectivity index (χ1) is 29.7. The molecule has 0 rings (SSSR count). The molecule has 0 saturated heterocycles. The number of hydrogen-bond acceptors (Lipinski definition) is 13. The van der Waals surface area contributed by atoms with E-state index in [9.17, 15) is 28.8 Å². The lowest BCUT2D eigenvalue weighted by molar-refractivity contribution is -0.127. The predicted molar refractivity (Wildman–Crippen MR) is 230 cm³/mol. The topological polar surface area (TPSA) is 239 Å². The highest BCUT2D eigenvalue weighted by atomic mass is 16.5. The van der Waals surface area contributed by atoms with Crippen LogP contribution in [-0.4, -0.2) is 168 Å². The van der Waals surface area contributed by atoms with Gasteiger partial charge in [0.1, 0.15) is 13.2 Å². The monoisotopic (exact) mass is 877 g/mol. The molecule has 356 valence electrons. The summed E-state index contributed by atoms with van der Waals surface area (Å²) in [4.78, 5) is 73.4. The van der Waals surface area contributed by atoms with Crippen LogP contribution in [-0.2, 0) is 61.9 Å². The number of nitrogens with one attached hydrogen (secondary N) is 6. The zero-order chi connectivity index (χ0) is 44.9. The Labute approximate surface area is 364 Å². The summed E-state index contributed by atoms with van der Waals surface area (Å²) in [6.45, 7) is 5.60. The fourth-order valence-corrected chi connectivity index (χ4v) is 5.63. The van der Waals surface area contributed by atoms with E-state index in [1.165, 1.54) is 0 Å². The fourth-order valence-electron chi connectivity index (χ4n) is 5.63. The van der Waals surface area contributed by atoms with Crippen LogP contribution >= 0.6 is 0 Å². The van der Waals surface area contributed by atoms with E-state index < -0.39 is 0 Å². The molecule has 0 bridgehead atoms. The molecular formula is C42H80N6O13. The molecule has 0 aromatic rings. The van der Waals surface area contributed by atoms with Crippen molar-refractivity contribution in [1.82, 2.24) is 31.9 Å². The van der Waals surface area contributed by atoms with E-state index >= 15 is 0 Å². The molecule has 0 spiro atoms. The first kappa shape index (κ1) is 57.5. The molecule has 19 heteroatoms. The first-order valence-electron chi connectivity index (χ1n) is 22.1. The molecule has 0 aliphatic carbocycles. The predicted octanol–water partition coefficient (Wildman–Crippen LogP) is 1.30. The van der Waals surface area contributed by atoms with Crippen LogP contribution < -0.4 is 31.9 Å². The molecule has 0 aliphatic rings. The van der Waals surface area contributed by atoms with Crippen molar-refractivity contribution >= 4 is 35.4 Å². The van der Waals surface area contributed by atoms with Gasteiger partial charge in [0.25, 0.3) is 0 Å². The number of unbranched alkanes of at least 4 members (excludes halogenated alkanes) is 6. The van der Waals surface area contributed by atoms with Crippen molar-refractivity contribution in [1.29, 1.82) is 0 Å². The number of carbonyl (C=O) groups excluding carboxylic acids is 6. The Bertz CT molecular complexity index is 1120. The molecule has 0 aromatic heterocycles. The highest BCUT2D eigenvalue weighted by molar-refractivity contribution is 5.80. The van der Waals surface area contributed by atoms with Crippen LogP contribution in [0.5, 0.6) is 0 Å². The van der Waals surface area contributed by atoms with E-state index in [1.807, 2.05) is 0 Å². The van der Waals surface area contributed by atoms with Crippen molar-refractivity contribution in [2.24, 2.45) is 0 Å². The number of amides is 6. The Hall–Kier alpha value is -3.46. The molecule has 0 radical (unpaired) electrons. The molecule has 0 aromatic carbocycles. The molecule has 0 aliphatic heterocycles. The fraction of sp³-hybridized carbons (Fsp3) is 0.857. The molecule has 1 unspecified atom stereocenters. The second-order valence-electron chi connectivity index (χ2n) is 14.5. The maximum Gasteiger partial charge on any atom is 0.245 e. The number of carbonyl (C=O) groups is 6. The maximum atomic E-state index is 12.8. The third kappa shape index (κ3) is 43.0. The molecule has 19 nitrogen and oxygen atoms in total. The minimum Gasteiger partial charge on any atom is -0.385 e. The van der Waals surface area contributed by atoms with E-state index in [-0.39, 0.29) is 87.4 Å². The molecule has 0 fully saturated rings. The Kier molecular flexibility index (Phi) is 42.1. The van der Waals surface area contributed by atoms with Gasteiger partial charge in [-0.05, 0) is 64.2 Å². The minimum absolute atomic E-state index is 0.0203. The largest absolute Gasteiger partial charge is 0.385 e. The van der Waals surface area contributed by atoms with Crippen molar-refractivity contribution in [3.05, 3.63) is 0 Å². The highest BCUT2D eigenvalue weighted by Crippen LogP contribution is 2.07. The van der Waals surface area contributed by atoms with Crippen molar-refractivity contribution in [3.8, 4) is 0 Å². The smallest absolute Gasteiger partial charge is 0.245 e. The van der Waals surface area contributed by atoms with Crippen LogP contribution in [0.25, 0.3) is 0 Å². The van der Waals surface area contributed by atoms with E-state index in [1.54, 1.807) is 21.3 Å². The van der Waals surface area contributed by atoms with Crippen LogP contribution in [0.4, 0.5) is 0 Å². The van der Waals surface area contributed by atoms with Gasteiger partial charge in [0.15, 0.2) is 0 Å². The zero-order valence-electron chi connectivity index (χ0n) is 37.5. The summed E-state index contributed by atoms with van der Waals surface area (Å²) in [6.07, 6.45) is 10.6. The molecule has 0 saturated carbocycles. The summed E-state index contributed by atoms with van der Waals surface area (Å²) in [5, 5.41) is 17.1. The molecule has 6 N–H and O–H groups in total. The summed E-state index contributed by atoms with van der Waals surface area (Å²) >= 11 is 0. The van der Waals surface area contributed by atoms with Crippen LogP contribution in [0, 0.1) is 0 Å². The van der Waals surface area contributed by atoms with E-state index in [2.05, 4.69) is 31.9 Å². The number of ether oxygens (including phenoxy) is 7. The van der Waals surface area contributed by atoms with Gasteiger partial charge in [-0.25, -0.2) is 0 Å². The minimum atomic E-state index is -0.380. The molecule has 0 heterocycles. The number of rotatable bonds is 45. The second kappa shape index (κ2) is 44.6. The van der Waals surface area contributed by atoms with E-state index in [0.29, 0.717) is 104 Å². The third-order valence-electron chi connectivity index (χ3n) is 8.95. The standard InChI is InChI=1S/C42H80N6O13/c1-55-24-11-5-4-9-19-43-40(52)33-36(15-6-10-20-44-41(53)34-60-31-29-58-27-22-46-37(49)16-7-12-25-56-2)48-39(51)18-14-21-45-42(54)35-61-32-30-59-28-23-47-38(50)17-8-13-26-57-3/h36H,4-35H2,1-3H3,(H,43,52)(H,44,53)(H,45,54)(H,46,49)(H,47,50)(H,48,51). The van der Waals surface area contributed by atoms with Crippen molar-refractivity contribution in [2.75, 3.05) is 127 Å². The van der Waals surface area contributed by atoms with Crippen LogP contribution in [0.2, 0.25) is 0 Å². The molecular weight excluding hydrogens is 796 g/mol. The van der Waals surface area contributed by atoms with Crippen LogP contribution in [0.1, 0.15) is 103 Å². The van der Waals surface area contributed by atoms with Crippen LogP contribution in [0.3, 0.4) is 0 Å². The van der Waals surface area contributed by atoms with E-state index in [0.717, 1.165) is 58.0 Å². The SMILES string of the molecule is COCCCCCCNC(=O)CC(CCCCNC(=O)COCCOCCNC(=O)CCCCOC)NC(=O)CCCNC(=O)COCCOCCNC(=O)CCCCOC.